The smallest absolute Gasteiger partial charge is 0.250 e. The van der Waals surface area contributed by atoms with Crippen LogP contribution in [0.3, 0.4) is 0 Å². The van der Waals surface area contributed by atoms with E-state index in [0.29, 0.717) is 34.4 Å². The molecule has 0 spiro atoms. The van der Waals surface area contributed by atoms with Crippen molar-refractivity contribution in [3.63, 3.8) is 0 Å². The fourth-order valence-corrected chi connectivity index (χ4v) is 5.58. The minimum Gasteiger partial charge on any atom is -0.493 e. The van der Waals surface area contributed by atoms with E-state index in [1.807, 2.05) is 24.4 Å². The molecule has 1 fully saturated rings. The molecule has 5 rings (SSSR count). The Balaban J connectivity index is 1.42. The number of hydrogen-bond donors (Lipinski definition) is 1. The normalized spacial score (nSPS) is 14.2. The maximum atomic E-state index is 13.9. The van der Waals surface area contributed by atoms with E-state index in [0.717, 1.165) is 30.6 Å². The number of benzene rings is 1. The lowest BCUT2D eigenvalue weighted by Crippen LogP contribution is -2.46. The summed E-state index contributed by atoms with van der Waals surface area (Å²) in [7, 11) is 3.11. The molecule has 3 aromatic heterocycles. The van der Waals surface area contributed by atoms with E-state index in [2.05, 4.69) is 20.7 Å². The van der Waals surface area contributed by atoms with Crippen molar-refractivity contribution in [3.05, 3.63) is 64.2 Å². The summed E-state index contributed by atoms with van der Waals surface area (Å²) in [5, 5.41) is 17.8. The van der Waals surface area contributed by atoms with Crippen molar-refractivity contribution in [3.8, 4) is 22.9 Å². The SMILES string of the molecule is COc1ccc(-c2nnn(CC(=O)N(Cc3cccs3)[C@@H](C(=O)NC3CCCC3)c3ccc(C)o3)n2)cc1OC. The van der Waals surface area contributed by atoms with Gasteiger partial charge in [-0.25, -0.2) is 0 Å². The highest BCUT2D eigenvalue weighted by Crippen LogP contribution is 2.31. The summed E-state index contributed by atoms with van der Waals surface area (Å²) in [6, 6.07) is 11.8. The van der Waals surface area contributed by atoms with Crippen molar-refractivity contribution < 1.29 is 23.5 Å². The minimum atomic E-state index is -0.947. The maximum Gasteiger partial charge on any atom is 0.250 e. The topological polar surface area (TPSA) is 125 Å². The summed E-state index contributed by atoms with van der Waals surface area (Å²) in [6.07, 6.45) is 4.01. The molecule has 1 N–H and O–H groups in total. The van der Waals surface area contributed by atoms with Crippen LogP contribution in [0.15, 0.2) is 52.3 Å². The molecule has 0 unspecified atom stereocenters. The van der Waals surface area contributed by atoms with Crippen LogP contribution in [0.25, 0.3) is 11.4 Å². The number of methoxy groups -OCH3 is 2. The first-order chi connectivity index (χ1) is 19.4. The molecule has 1 aromatic carbocycles. The highest BCUT2D eigenvalue weighted by molar-refractivity contribution is 7.09. The second-order valence-electron chi connectivity index (χ2n) is 9.66. The molecule has 0 bridgehead atoms. The predicted octanol–water partition coefficient (Wildman–Crippen LogP) is 4.15. The standard InChI is InChI=1S/C28H32N6O5S/c1-18-10-12-23(39-18)26(28(36)29-20-7-4-5-8-20)33(16-21-9-6-14-40-21)25(35)17-34-31-27(30-32-34)19-11-13-22(37-2)24(15-19)38-3/h6,9-15,20,26H,4-5,7-8,16-17H2,1-3H3,(H,29,36)/t26-/m1/s1. The van der Waals surface area contributed by atoms with Crippen LogP contribution in [0.1, 0.15) is 48.1 Å². The Morgan fingerprint density at radius 1 is 1.15 bits per heavy atom. The summed E-state index contributed by atoms with van der Waals surface area (Å²) < 4.78 is 16.6. The largest absolute Gasteiger partial charge is 0.493 e. The van der Waals surface area contributed by atoms with E-state index in [4.69, 9.17) is 13.9 Å². The van der Waals surface area contributed by atoms with Gasteiger partial charge in [-0.05, 0) is 66.8 Å². The van der Waals surface area contributed by atoms with Crippen molar-refractivity contribution in [2.45, 2.75) is 57.8 Å². The highest BCUT2D eigenvalue weighted by Gasteiger charge is 2.36. The summed E-state index contributed by atoms with van der Waals surface area (Å²) in [6.45, 7) is 1.84. The molecule has 12 heteroatoms. The summed E-state index contributed by atoms with van der Waals surface area (Å²) in [5.74, 6) is 1.91. The van der Waals surface area contributed by atoms with Crippen LogP contribution in [-0.2, 0) is 22.7 Å². The van der Waals surface area contributed by atoms with Gasteiger partial charge in [-0.2, -0.15) is 4.80 Å². The van der Waals surface area contributed by atoms with Crippen molar-refractivity contribution >= 4 is 23.2 Å². The van der Waals surface area contributed by atoms with E-state index >= 15 is 0 Å². The monoisotopic (exact) mass is 564 g/mol. The molecule has 0 aliphatic heterocycles. The van der Waals surface area contributed by atoms with Crippen molar-refractivity contribution in [2.75, 3.05) is 14.2 Å². The molecule has 3 heterocycles. The highest BCUT2D eigenvalue weighted by atomic mass is 32.1. The van der Waals surface area contributed by atoms with Gasteiger partial charge in [0.25, 0.3) is 5.91 Å². The number of hydrogen-bond acceptors (Lipinski definition) is 9. The van der Waals surface area contributed by atoms with Crippen LogP contribution in [0, 0.1) is 6.92 Å². The number of amides is 2. The number of furan rings is 1. The second-order valence-corrected chi connectivity index (χ2v) is 10.7. The molecule has 1 atom stereocenters. The molecule has 1 aliphatic rings. The molecule has 210 valence electrons. The second kappa shape index (κ2) is 12.3. The first kappa shape index (κ1) is 27.4. The van der Waals surface area contributed by atoms with Crippen LogP contribution in [0.2, 0.25) is 0 Å². The third-order valence-electron chi connectivity index (χ3n) is 6.89. The van der Waals surface area contributed by atoms with Crippen LogP contribution in [-0.4, -0.2) is 57.2 Å². The molecule has 4 aromatic rings. The Bertz CT molecular complexity index is 1440. The third kappa shape index (κ3) is 6.17. The van der Waals surface area contributed by atoms with Gasteiger partial charge in [0.1, 0.15) is 18.1 Å². The number of aromatic nitrogens is 4. The Morgan fingerprint density at radius 3 is 2.62 bits per heavy atom. The number of tetrazole rings is 1. The van der Waals surface area contributed by atoms with E-state index in [-0.39, 0.29) is 30.9 Å². The molecule has 1 saturated carbocycles. The number of carbonyl (C=O) groups excluding carboxylic acids is 2. The van der Waals surface area contributed by atoms with Gasteiger partial charge in [0.2, 0.25) is 11.7 Å². The molecule has 1 aliphatic carbocycles. The van der Waals surface area contributed by atoms with Gasteiger partial charge in [-0.15, -0.1) is 21.5 Å². The number of rotatable bonds is 11. The van der Waals surface area contributed by atoms with Gasteiger partial charge in [-0.1, -0.05) is 18.9 Å². The fraction of sp³-hybridized carbons (Fsp3) is 0.393. The first-order valence-electron chi connectivity index (χ1n) is 13.1. The lowest BCUT2D eigenvalue weighted by molar-refractivity contribution is -0.143. The van der Waals surface area contributed by atoms with Crippen molar-refractivity contribution in [1.82, 2.24) is 30.4 Å². The van der Waals surface area contributed by atoms with Crippen LogP contribution in [0.4, 0.5) is 0 Å². The van der Waals surface area contributed by atoms with E-state index < -0.39 is 6.04 Å². The summed E-state index contributed by atoms with van der Waals surface area (Å²) >= 11 is 1.52. The number of ether oxygens (including phenoxy) is 2. The third-order valence-corrected chi connectivity index (χ3v) is 7.75. The summed E-state index contributed by atoms with van der Waals surface area (Å²) in [4.78, 5) is 31.3. The zero-order valence-electron chi connectivity index (χ0n) is 22.7. The van der Waals surface area contributed by atoms with Gasteiger partial charge in [0, 0.05) is 16.5 Å². The quantitative estimate of drug-likeness (QED) is 0.288. The number of thiophene rings is 1. The van der Waals surface area contributed by atoms with Gasteiger partial charge >= 0.3 is 0 Å². The average molecular weight is 565 g/mol. The Morgan fingerprint density at radius 2 is 1.95 bits per heavy atom. The molecular weight excluding hydrogens is 532 g/mol. The van der Waals surface area contributed by atoms with Crippen LogP contribution >= 0.6 is 11.3 Å². The number of carbonyl (C=O) groups is 2. The fourth-order valence-electron chi connectivity index (χ4n) is 4.88. The van der Waals surface area contributed by atoms with Gasteiger partial charge in [-0.3, -0.25) is 9.59 Å². The van der Waals surface area contributed by atoms with Crippen molar-refractivity contribution in [1.29, 1.82) is 0 Å². The zero-order valence-corrected chi connectivity index (χ0v) is 23.5. The van der Waals surface area contributed by atoms with Gasteiger partial charge in [0.05, 0.1) is 20.8 Å². The predicted molar refractivity (Wildman–Crippen MR) is 148 cm³/mol. The molecule has 11 nitrogen and oxygen atoms in total. The Kier molecular flexibility index (Phi) is 8.44. The number of nitrogens with one attached hydrogen (secondary N) is 1. The molecule has 2 amide bonds. The number of aryl methyl sites for hydroxylation is 1. The number of nitrogens with zero attached hydrogens (tertiary/aromatic N) is 5. The zero-order chi connectivity index (χ0) is 28.1. The van der Waals surface area contributed by atoms with E-state index in [1.54, 1.807) is 44.6 Å². The van der Waals surface area contributed by atoms with Crippen molar-refractivity contribution in [2.24, 2.45) is 0 Å². The lowest BCUT2D eigenvalue weighted by Gasteiger charge is -2.30. The molecule has 0 saturated heterocycles. The molecule has 0 radical (unpaired) electrons. The van der Waals surface area contributed by atoms with Crippen LogP contribution in [0.5, 0.6) is 11.5 Å². The maximum absolute atomic E-state index is 13.9. The minimum absolute atomic E-state index is 0.0887. The average Bonchev–Trinajstić information content (AvgIpc) is 3.77. The first-order valence-corrected chi connectivity index (χ1v) is 14.0. The van der Waals surface area contributed by atoms with Gasteiger partial charge < -0.3 is 24.1 Å². The summed E-state index contributed by atoms with van der Waals surface area (Å²) in [5.41, 5.74) is 0.659. The lowest BCUT2D eigenvalue weighted by atomic mass is 10.1. The van der Waals surface area contributed by atoms with E-state index in [1.165, 1.54) is 21.0 Å². The van der Waals surface area contributed by atoms with Crippen LogP contribution < -0.4 is 14.8 Å². The van der Waals surface area contributed by atoms with E-state index in [9.17, 15) is 9.59 Å². The Hall–Kier alpha value is -4.19. The Labute approximate surface area is 236 Å². The molecule has 40 heavy (non-hydrogen) atoms. The molecular formula is C28H32N6O5S. The van der Waals surface area contributed by atoms with Gasteiger partial charge in [0.15, 0.2) is 17.5 Å².